The van der Waals surface area contributed by atoms with E-state index in [4.69, 9.17) is 0 Å². The van der Waals surface area contributed by atoms with Gasteiger partial charge in [-0.3, -0.25) is 0 Å². The van der Waals surface area contributed by atoms with Crippen LogP contribution in [0.15, 0.2) is 11.7 Å². The zero-order valence-electron chi connectivity index (χ0n) is 5.91. The second-order valence-electron chi connectivity index (χ2n) is 2.18. The molecule has 0 radical (unpaired) electrons. The lowest BCUT2D eigenvalue weighted by Gasteiger charge is -2.05. The van der Waals surface area contributed by atoms with Crippen LogP contribution >= 0.6 is 0 Å². The third kappa shape index (κ3) is 4.09. The molecule has 9 heavy (non-hydrogen) atoms. The highest BCUT2D eigenvalue weighted by molar-refractivity contribution is 4.97. The van der Waals surface area contributed by atoms with E-state index in [1.807, 2.05) is 0 Å². The molecule has 1 nitrogen and oxygen atoms in total. The van der Waals surface area contributed by atoms with Gasteiger partial charge >= 0.3 is 0 Å². The molecular formula is C6H11F2N. The van der Waals surface area contributed by atoms with Crippen molar-refractivity contribution in [3.63, 3.8) is 0 Å². The molecule has 0 aromatic carbocycles. The molecule has 3 heteroatoms. The third-order valence-electron chi connectivity index (χ3n) is 0.829. The maximum atomic E-state index is 12.2. The average molecular weight is 135 g/mol. The molecule has 0 aliphatic rings. The van der Waals surface area contributed by atoms with E-state index in [2.05, 4.69) is 0 Å². The van der Waals surface area contributed by atoms with E-state index in [-0.39, 0.29) is 6.54 Å². The summed E-state index contributed by atoms with van der Waals surface area (Å²) in [6.45, 7) is 1.15. The normalized spacial score (nSPS) is 14.0. The zero-order chi connectivity index (χ0) is 7.44. The molecule has 0 heterocycles. The number of rotatable bonds is 2. The minimum Gasteiger partial charge on any atom is -0.303 e. The van der Waals surface area contributed by atoms with E-state index in [0.29, 0.717) is 0 Å². The van der Waals surface area contributed by atoms with Crippen molar-refractivity contribution >= 4 is 0 Å². The molecule has 0 aliphatic heterocycles. The Labute approximate surface area is 54.0 Å². The number of hydrogen-bond donors (Lipinski definition) is 0. The Balaban J connectivity index is 3.77. The van der Waals surface area contributed by atoms with Crippen LogP contribution in [-0.4, -0.2) is 25.5 Å². The highest BCUT2D eigenvalue weighted by Crippen LogP contribution is 2.06. The van der Waals surface area contributed by atoms with E-state index in [1.54, 1.807) is 19.0 Å². The quantitative estimate of drug-likeness (QED) is 0.557. The van der Waals surface area contributed by atoms with Crippen LogP contribution < -0.4 is 0 Å². The van der Waals surface area contributed by atoms with Gasteiger partial charge in [0.2, 0.25) is 0 Å². The van der Waals surface area contributed by atoms with Crippen LogP contribution in [0.1, 0.15) is 6.92 Å². The summed E-state index contributed by atoms with van der Waals surface area (Å²) in [6, 6.07) is 0. The fourth-order valence-electron chi connectivity index (χ4n) is 0.387. The fraction of sp³-hybridized carbons (Fsp3) is 0.667. The van der Waals surface area contributed by atoms with Crippen molar-refractivity contribution in [2.75, 3.05) is 20.6 Å². The van der Waals surface area contributed by atoms with Crippen LogP contribution in [0.4, 0.5) is 8.78 Å². The Hall–Kier alpha value is -0.440. The summed E-state index contributed by atoms with van der Waals surface area (Å²) in [5, 5.41) is 0. The summed E-state index contributed by atoms with van der Waals surface area (Å²) in [6.07, 6.45) is 0. The Morgan fingerprint density at radius 2 is 1.78 bits per heavy atom. The van der Waals surface area contributed by atoms with E-state index in [1.165, 1.54) is 0 Å². The molecule has 0 spiro atoms. The summed E-state index contributed by atoms with van der Waals surface area (Å²) < 4.78 is 24.2. The Kier molecular flexibility index (Phi) is 3.39. The molecule has 0 saturated carbocycles. The van der Waals surface area contributed by atoms with E-state index in [9.17, 15) is 8.78 Å². The predicted octanol–water partition coefficient (Wildman–Crippen LogP) is 1.72. The predicted molar refractivity (Wildman–Crippen MR) is 33.5 cm³/mol. The van der Waals surface area contributed by atoms with Gasteiger partial charge in [0.25, 0.3) is 0 Å². The molecule has 54 valence electrons. The first-order valence-corrected chi connectivity index (χ1v) is 2.69. The summed E-state index contributed by atoms with van der Waals surface area (Å²) >= 11 is 0. The SMILES string of the molecule is C/C(F)=C(/F)CN(C)C. The van der Waals surface area contributed by atoms with Gasteiger partial charge in [-0.1, -0.05) is 0 Å². The van der Waals surface area contributed by atoms with Gasteiger partial charge in [-0.25, -0.2) is 8.78 Å². The van der Waals surface area contributed by atoms with Crippen molar-refractivity contribution in [2.24, 2.45) is 0 Å². The molecule has 0 aliphatic carbocycles. The van der Waals surface area contributed by atoms with Gasteiger partial charge in [0.05, 0.1) is 6.54 Å². The van der Waals surface area contributed by atoms with Crippen LogP contribution in [-0.2, 0) is 0 Å². The lowest BCUT2D eigenvalue weighted by atomic mass is 10.4. The number of likely N-dealkylation sites (N-methyl/N-ethyl adjacent to an activating group) is 1. The molecule has 0 fully saturated rings. The standard InChI is InChI=1S/C6H11F2N/c1-5(7)6(8)4-9(2)3/h4H2,1-3H3/b6-5-. The summed E-state index contributed by atoms with van der Waals surface area (Å²) in [5.41, 5.74) is 0. The fourth-order valence-corrected chi connectivity index (χ4v) is 0.387. The smallest absolute Gasteiger partial charge is 0.145 e. The van der Waals surface area contributed by atoms with Crippen molar-refractivity contribution < 1.29 is 8.78 Å². The lowest BCUT2D eigenvalue weighted by molar-refractivity contribution is 0.384. The first-order valence-electron chi connectivity index (χ1n) is 2.69. The molecule has 0 N–H and O–H groups in total. The van der Waals surface area contributed by atoms with Gasteiger partial charge in [-0.05, 0) is 21.0 Å². The number of hydrogen-bond acceptors (Lipinski definition) is 1. The van der Waals surface area contributed by atoms with Gasteiger partial charge in [-0.15, -0.1) is 0 Å². The van der Waals surface area contributed by atoms with Crippen LogP contribution in [0.25, 0.3) is 0 Å². The second kappa shape index (κ2) is 3.56. The van der Waals surface area contributed by atoms with Gasteiger partial charge in [0.15, 0.2) is 0 Å². The Morgan fingerprint density at radius 3 is 1.89 bits per heavy atom. The van der Waals surface area contributed by atoms with Crippen molar-refractivity contribution in [1.29, 1.82) is 0 Å². The molecule has 0 aromatic rings. The first-order chi connectivity index (χ1) is 4.04. The Bertz CT molecular complexity index is 114. The molecule has 0 amide bonds. The van der Waals surface area contributed by atoms with Crippen molar-refractivity contribution in [2.45, 2.75) is 6.92 Å². The molecular weight excluding hydrogens is 124 g/mol. The zero-order valence-corrected chi connectivity index (χ0v) is 5.91. The summed E-state index contributed by atoms with van der Waals surface area (Å²) in [5.74, 6) is -1.43. The maximum absolute atomic E-state index is 12.2. The highest BCUT2D eigenvalue weighted by Gasteiger charge is 2.00. The maximum Gasteiger partial charge on any atom is 0.145 e. The lowest BCUT2D eigenvalue weighted by Crippen LogP contribution is -2.13. The van der Waals surface area contributed by atoms with E-state index >= 15 is 0 Å². The minimum absolute atomic E-state index is 0.0440. The molecule has 0 bridgehead atoms. The van der Waals surface area contributed by atoms with Crippen LogP contribution in [0.3, 0.4) is 0 Å². The topological polar surface area (TPSA) is 3.24 Å². The van der Waals surface area contributed by atoms with Crippen LogP contribution in [0.2, 0.25) is 0 Å². The molecule has 0 rings (SSSR count). The molecule has 0 aromatic heterocycles. The third-order valence-corrected chi connectivity index (χ3v) is 0.829. The van der Waals surface area contributed by atoms with Gasteiger partial charge in [0.1, 0.15) is 11.7 Å². The van der Waals surface area contributed by atoms with Gasteiger partial charge in [0, 0.05) is 0 Å². The van der Waals surface area contributed by atoms with Gasteiger partial charge < -0.3 is 4.90 Å². The first kappa shape index (κ1) is 8.56. The minimum atomic E-state index is -0.733. The molecule has 0 saturated heterocycles. The monoisotopic (exact) mass is 135 g/mol. The number of allylic oxidation sites excluding steroid dienone is 1. The van der Waals surface area contributed by atoms with E-state index in [0.717, 1.165) is 6.92 Å². The van der Waals surface area contributed by atoms with E-state index < -0.39 is 11.7 Å². The number of nitrogens with zero attached hydrogens (tertiary/aromatic N) is 1. The van der Waals surface area contributed by atoms with Crippen molar-refractivity contribution in [3.05, 3.63) is 11.7 Å². The van der Waals surface area contributed by atoms with Crippen molar-refractivity contribution in [1.82, 2.24) is 4.90 Å². The van der Waals surface area contributed by atoms with Crippen molar-refractivity contribution in [3.8, 4) is 0 Å². The average Bonchev–Trinajstić information content (AvgIpc) is 1.63. The summed E-state index contributed by atoms with van der Waals surface area (Å²) in [4.78, 5) is 1.57. The number of halogens is 2. The molecule has 0 unspecified atom stereocenters. The molecule has 0 atom stereocenters. The Morgan fingerprint density at radius 1 is 1.33 bits per heavy atom. The van der Waals surface area contributed by atoms with Crippen LogP contribution in [0.5, 0.6) is 0 Å². The second-order valence-corrected chi connectivity index (χ2v) is 2.18. The van der Waals surface area contributed by atoms with Gasteiger partial charge in [-0.2, -0.15) is 0 Å². The largest absolute Gasteiger partial charge is 0.303 e. The van der Waals surface area contributed by atoms with Crippen LogP contribution in [0, 0.1) is 0 Å². The highest BCUT2D eigenvalue weighted by atomic mass is 19.2. The summed E-state index contributed by atoms with van der Waals surface area (Å²) in [7, 11) is 3.37.